The second kappa shape index (κ2) is 33.8. The van der Waals surface area contributed by atoms with Crippen molar-refractivity contribution in [2.45, 2.75) is 49.6 Å². The first-order valence-electron chi connectivity index (χ1n) is 11.4. The topological polar surface area (TPSA) is 515 Å². The summed E-state index contributed by atoms with van der Waals surface area (Å²) in [6, 6.07) is 0. The van der Waals surface area contributed by atoms with E-state index in [9.17, 15) is 119 Å². The molecule has 0 aliphatic carbocycles. The van der Waals surface area contributed by atoms with E-state index in [4.69, 9.17) is 117 Å². The van der Waals surface area contributed by atoms with Gasteiger partial charge in [0, 0.05) is 0 Å². The van der Waals surface area contributed by atoms with E-state index in [1.54, 1.807) is 0 Å². The molecule has 0 rings (SSSR count). The molecule has 0 aliphatic heterocycles. The number of hydrogen-bond donors (Lipinski definition) is 0. The summed E-state index contributed by atoms with van der Waals surface area (Å²) in [5.74, 6) is 0. The van der Waals surface area contributed by atoms with Crippen LogP contribution in [0, 0.1) is 0 Å². The Hall–Kier alpha value is -0.0506. The minimum absolute atomic E-state index is 0. The Morgan fingerprint density at radius 1 is 0.147 bits per heavy atom. The molecule has 75 heavy (non-hydrogen) atoms. The Balaban J connectivity index is -0.0000000592. The van der Waals surface area contributed by atoms with Gasteiger partial charge in [-0.3, -0.25) is 0 Å². The minimum atomic E-state index is -6.09. The van der Waals surface area contributed by atoms with Gasteiger partial charge in [-0.05, 0) is 0 Å². The molecule has 66 heteroatoms. The van der Waals surface area contributed by atoms with Crippen LogP contribution in [-0.2, 0) is 91.1 Å². The average Bonchev–Trinajstić information content (AvgIpc) is 2.90. The van der Waals surface area contributed by atoms with Gasteiger partial charge < -0.3 is 41.0 Å². The van der Waals surface area contributed by atoms with Crippen LogP contribution < -0.4 is 0 Å². The first kappa shape index (κ1) is 103. The second-order valence-corrected chi connectivity index (χ2v) is 20.4. The molecule has 0 spiro atoms. The van der Waals surface area contributed by atoms with Crippen molar-refractivity contribution in [2.75, 3.05) is 0 Å². The Kier molecular flexibility index (Phi) is 46.6. The maximum absolute atomic E-state index is 10.7. The number of rotatable bonds is 0. The fourth-order valence-corrected chi connectivity index (χ4v) is 0. The van der Waals surface area contributed by atoms with Crippen LogP contribution in [0.4, 0.5) is 119 Å². The van der Waals surface area contributed by atoms with Crippen molar-refractivity contribution in [2.24, 2.45) is 0 Å². The van der Waals surface area contributed by atoms with Crippen LogP contribution in [0.3, 0.4) is 0 Å². The maximum Gasteiger partial charge on any atom is 3.00 e. The molecule has 6 radical (unpaired) electrons. The Morgan fingerprint density at radius 3 is 0.160 bits per heavy atom. The molecule has 0 aromatic heterocycles. The van der Waals surface area contributed by atoms with E-state index in [1.165, 1.54) is 0 Å². The summed E-state index contributed by atoms with van der Waals surface area (Å²) < 4.78 is 530. The first-order valence-corrected chi connectivity index (χ1v) is 24.1. The van der Waals surface area contributed by atoms with Gasteiger partial charge in [-0.15, -0.1) is 0 Å². The van der Waals surface area contributed by atoms with Crippen molar-refractivity contribution in [3.05, 3.63) is 0 Å². The monoisotopic (exact) mass is 1970 g/mol. The van der Waals surface area contributed by atoms with Gasteiger partial charge in [0.2, 0.25) is 0 Å². The molecule has 0 saturated carbocycles. The summed E-state index contributed by atoms with van der Waals surface area (Å²) in [5.41, 5.74) is -50.8. The second-order valence-electron chi connectivity index (χ2n) is 8.10. The van der Waals surface area contributed by atoms with Gasteiger partial charge in [0.25, 0.3) is 0 Å². The normalized spacial score (nSPS) is 13.4. The fraction of sp³-hybridized carbons (Fsp3) is 1.00. The van der Waals surface area contributed by atoms with Crippen molar-refractivity contribution in [1.29, 1.82) is 0 Å². The van der Waals surface area contributed by atoms with Crippen LogP contribution in [0.15, 0.2) is 0 Å². The summed E-state index contributed by atoms with van der Waals surface area (Å²) in [4.78, 5) is 0. The smallest absolute Gasteiger partial charge is 0.741 e. The molecule has 0 fully saturated rings. The molecule has 0 aliphatic rings. The summed E-state index contributed by atoms with van der Waals surface area (Å²) in [5, 5.41) is 0. The van der Waals surface area contributed by atoms with Crippen molar-refractivity contribution in [1.82, 2.24) is 0 Å². The minimum Gasteiger partial charge on any atom is -0.741 e. The molecule has 0 bridgehead atoms. The predicted molar refractivity (Wildman–Crippen MR) is 159 cm³/mol. The van der Waals surface area contributed by atoms with Crippen molar-refractivity contribution >= 4 is 170 Å². The molecule has 0 N–H and O–H groups in total. The molecule has 0 unspecified atom stereocenters. The maximum atomic E-state index is 10.7. The quantitative estimate of drug-likeness (QED) is 0.125. The molecule has 0 saturated heterocycles. The number of hydrogen-bond acceptors (Lipinski definition) is 27. The van der Waals surface area contributed by atoms with Gasteiger partial charge >= 0.3 is 128 Å². The molecular weight excluding hydrogens is 1970 g/mol. The SMILES string of the molecule is O=S(=O)([O-])C(F)(F)F.O=S(=O)([O-])C(F)(F)F.O=S(=O)([O-])C(F)(F)F.O=S(=O)([O-])C(F)(F)F.O=S(=O)([O-])C(F)(F)F.O=S(=O)([O-])C(F)(F)F.O=S(=O)([O-])C(F)(F)F.O=S(=O)([O-])C(F)(F)F.O=S(=O)([O-])C(F)(F)F.[Bi+3].[Bi+3].[Bi+3]. The zero-order valence-electron chi connectivity index (χ0n) is 30.7. The van der Waals surface area contributed by atoms with Crippen LogP contribution in [0.2, 0.25) is 0 Å². The summed E-state index contributed by atoms with van der Waals surface area (Å²) in [7, 11) is -54.8. The Morgan fingerprint density at radius 2 is 0.160 bits per heavy atom. The van der Waals surface area contributed by atoms with Crippen LogP contribution in [0.5, 0.6) is 0 Å². The van der Waals surface area contributed by atoms with E-state index in [1.807, 2.05) is 0 Å². The largest absolute Gasteiger partial charge is 3.00 e. The summed E-state index contributed by atoms with van der Waals surface area (Å²) >= 11 is 0. The van der Waals surface area contributed by atoms with Crippen LogP contribution in [0.25, 0.3) is 0 Å². The Bertz CT molecular complexity index is 2090. The van der Waals surface area contributed by atoms with Crippen molar-refractivity contribution in [3.63, 3.8) is 0 Å². The summed E-state index contributed by atoms with van der Waals surface area (Å²) in [6.07, 6.45) is 0. The van der Waals surface area contributed by atoms with E-state index >= 15 is 0 Å². The zero-order chi connectivity index (χ0) is 63.0. The standard InChI is InChI=1S/9CHF3O3S.3Bi/c9*2-1(3,4)8(5,6)7;;;/h9*(H,5,6,7);;;/q;;;;;;;;;3*+3/p-9. The fourth-order valence-electron chi connectivity index (χ4n) is 0. The average molecular weight is 1970 g/mol. The molecule has 456 valence electrons. The molecule has 0 heterocycles. The van der Waals surface area contributed by atoms with Gasteiger partial charge in [-0.1, -0.05) is 0 Å². The molecule has 0 amide bonds. The third-order valence-corrected chi connectivity index (χ3v) is 7.65. The number of alkyl halides is 27. The Labute approximate surface area is 451 Å². The third-order valence-electron chi connectivity index (χ3n) is 2.55. The molecular formula is C9Bi3F27O27S9. The van der Waals surface area contributed by atoms with Gasteiger partial charge in [-0.2, -0.15) is 119 Å². The van der Waals surface area contributed by atoms with Gasteiger partial charge in [0.1, 0.15) is 0 Å². The molecule has 0 aromatic rings. The third kappa shape index (κ3) is 58.4. The molecule has 0 atom stereocenters. The van der Waals surface area contributed by atoms with E-state index in [0.717, 1.165) is 0 Å². The van der Waals surface area contributed by atoms with Crippen LogP contribution in [0.1, 0.15) is 0 Å². The van der Waals surface area contributed by atoms with Gasteiger partial charge in [-0.25, -0.2) is 75.8 Å². The van der Waals surface area contributed by atoms with Crippen LogP contribution >= 0.6 is 0 Å². The van der Waals surface area contributed by atoms with E-state index in [0.29, 0.717) is 0 Å². The molecule has 0 aromatic carbocycles. The number of halogens is 27. The van der Waals surface area contributed by atoms with Gasteiger partial charge in [0.15, 0.2) is 91.1 Å². The first-order chi connectivity index (χ1) is 29.2. The summed E-state index contributed by atoms with van der Waals surface area (Å²) in [6.45, 7) is 0. The van der Waals surface area contributed by atoms with Gasteiger partial charge in [0.05, 0.1) is 0 Å². The van der Waals surface area contributed by atoms with E-state index in [-0.39, 0.29) is 78.6 Å². The van der Waals surface area contributed by atoms with Crippen molar-refractivity contribution < 1.29 is 235 Å². The van der Waals surface area contributed by atoms with Crippen LogP contribution in [-0.4, -0.2) is 245 Å². The zero-order valence-corrected chi connectivity index (χ0v) is 48.5. The van der Waals surface area contributed by atoms with Crippen molar-refractivity contribution in [3.8, 4) is 0 Å². The molecule has 27 nitrogen and oxygen atoms in total. The predicted octanol–water partition coefficient (Wildman–Crippen LogP) is -0.680. The van der Waals surface area contributed by atoms with E-state index in [2.05, 4.69) is 0 Å². The van der Waals surface area contributed by atoms with E-state index < -0.39 is 141 Å².